The predicted octanol–water partition coefficient (Wildman–Crippen LogP) is 3.08. The molecule has 0 atom stereocenters. The summed E-state index contributed by atoms with van der Waals surface area (Å²) in [5.74, 6) is -0.138. The van der Waals surface area contributed by atoms with E-state index in [1.807, 2.05) is 31.2 Å². The number of thioether (sulfide) groups is 1. The zero-order valence-electron chi connectivity index (χ0n) is 13.3. The fraction of sp³-hybridized carbons (Fsp3) is 0.529. The molecule has 1 aromatic rings. The lowest BCUT2D eigenvalue weighted by molar-refractivity contribution is -0.148. The van der Waals surface area contributed by atoms with Crippen LogP contribution in [0, 0.1) is 0 Å². The van der Waals surface area contributed by atoms with Gasteiger partial charge < -0.3 is 15.2 Å². The van der Waals surface area contributed by atoms with E-state index in [0.29, 0.717) is 19.4 Å². The molecule has 2 rings (SSSR count). The minimum absolute atomic E-state index is 0.211. The van der Waals surface area contributed by atoms with Crippen molar-refractivity contribution in [2.75, 3.05) is 12.4 Å². The quantitative estimate of drug-likeness (QED) is 0.748. The van der Waals surface area contributed by atoms with Crippen LogP contribution in [0.5, 0.6) is 5.75 Å². The Morgan fingerprint density at radius 3 is 2.43 bits per heavy atom. The van der Waals surface area contributed by atoms with Gasteiger partial charge in [0.15, 0.2) is 0 Å². The molecule has 0 bridgehead atoms. The standard InChI is InChI=1S/C17H23NO4S/c1-2-22-13-6-8-14(9-7-13)23-12-15(19)18-17(16(20)21)10-4-3-5-11-17/h6-9H,2-5,10-12H2,1H3,(H,18,19)(H,20,21). The number of carbonyl (C=O) groups excluding carboxylic acids is 1. The molecule has 1 fully saturated rings. The first-order chi connectivity index (χ1) is 11.1. The van der Waals surface area contributed by atoms with Crippen LogP contribution < -0.4 is 10.1 Å². The number of nitrogens with one attached hydrogen (secondary N) is 1. The summed E-state index contributed by atoms with van der Waals surface area (Å²) >= 11 is 1.39. The topological polar surface area (TPSA) is 75.6 Å². The second-order valence-corrected chi connectivity index (χ2v) is 6.74. The Morgan fingerprint density at radius 1 is 1.22 bits per heavy atom. The summed E-state index contributed by atoms with van der Waals surface area (Å²) in [7, 11) is 0. The van der Waals surface area contributed by atoms with E-state index in [9.17, 15) is 14.7 Å². The van der Waals surface area contributed by atoms with E-state index in [1.165, 1.54) is 11.8 Å². The van der Waals surface area contributed by atoms with Crippen molar-refractivity contribution in [2.45, 2.75) is 49.5 Å². The number of amides is 1. The van der Waals surface area contributed by atoms with Crippen LogP contribution in [0.15, 0.2) is 29.2 Å². The number of ether oxygens (including phenoxy) is 1. The molecule has 0 radical (unpaired) electrons. The van der Waals surface area contributed by atoms with E-state index in [-0.39, 0.29) is 11.7 Å². The second-order valence-electron chi connectivity index (χ2n) is 5.69. The van der Waals surface area contributed by atoms with Crippen molar-refractivity contribution >= 4 is 23.6 Å². The van der Waals surface area contributed by atoms with Crippen LogP contribution in [0.25, 0.3) is 0 Å². The van der Waals surface area contributed by atoms with Crippen LogP contribution in [0.1, 0.15) is 39.0 Å². The SMILES string of the molecule is CCOc1ccc(SCC(=O)NC2(C(=O)O)CCCCC2)cc1. The summed E-state index contributed by atoms with van der Waals surface area (Å²) in [6.07, 6.45) is 3.76. The largest absolute Gasteiger partial charge is 0.494 e. The minimum atomic E-state index is -1.07. The van der Waals surface area contributed by atoms with Crippen molar-refractivity contribution in [2.24, 2.45) is 0 Å². The van der Waals surface area contributed by atoms with Gasteiger partial charge in [-0.3, -0.25) is 4.79 Å². The number of carboxylic acids is 1. The highest BCUT2D eigenvalue weighted by Gasteiger charge is 2.40. The van der Waals surface area contributed by atoms with Gasteiger partial charge in [0, 0.05) is 4.90 Å². The van der Waals surface area contributed by atoms with Gasteiger partial charge in [0.2, 0.25) is 5.91 Å². The summed E-state index contributed by atoms with van der Waals surface area (Å²) in [4.78, 5) is 24.6. The molecule has 23 heavy (non-hydrogen) atoms. The third-order valence-corrected chi connectivity index (χ3v) is 5.01. The first-order valence-electron chi connectivity index (χ1n) is 7.96. The van der Waals surface area contributed by atoms with Gasteiger partial charge in [0.05, 0.1) is 12.4 Å². The lowest BCUT2D eigenvalue weighted by Gasteiger charge is -2.33. The van der Waals surface area contributed by atoms with Crippen molar-refractivity contribution in [3.8, 4) is 5.75 Å². The van der Waals surface area contributed by atoms with Gasteiger partial charge in [-0.1, -0.05) is 19.3 Å². The Kier molecular flexibility index (Phi) is 6.33. The van der Waals surface area contributed by atoms with Crippen LogP contribution in [0.4, 0.5) is 0 Å². The van der Waals surface area contributed by atoms with Gasteiger partial charge in [-0.05, 0) is 44.0 Å². The van der Waals surface area contributed by atoms with E-state index >= 15 is 0 Å². The number of carboxylic acid groups (broad SMARTS) is 1. The Morgan fingerprint density at radius 2 is 1.87 bits per heavy atom. The summed E-state index contributed by atoms with van der Waals surface area (Å²) < 4.78 is 5.37. The Bertz CT molecular complexity index is 538. The van der Waals surface area contributed by atoms with E-state index in [2.05, 4.69) is 5.32 Å². The Balaban J connectivity index is 1.87. The summed E-state index contributed by atoms with van der Waals surface area (Å²) in [6, 6.07) is 7.53. The zero-order chi connectivity index (χ0) is 16.7. The molecule has 0 unspecified atom stereocenters. The van der Waals surface area contributed by atoms with Gasteiger partial charge in [-0.2, -0.15) is 0 Å². The van der Waals surface area contributed by atoms with E-state index < -0.39 is 11.5 Å². The molecule has 1 aliphatic rings. The van der Waals surface area contributed by atoms with Gasteiger partial charge in [0.1, 0.15) is 11.3 Å². The van der Waals surface area contributed by atoms with Crippen molar-refractivity contribution in [3.63, 3.8) is 0 Å². The molecule has 2 N–H and O–H groups in total. The number of hydrogen-bond donors (Lipinski definition) is 2. The molecular weight excluding hydrogens is 314 g/mol. The monoisotopic (exact) mass is 337 g/mol. The molecule has 0 aromatic heterocycles. The highest BCUT2D eigenvalue weighted by Crippen LogP contribution is 2.29. The maximum absolute atomic E-state index is 12.1. The van der Waals surface area contributed by atoms with Crippen LogP contribution in [0.3, 0.4) is 0 Å². The predicted molar refractivity (Wildman–Crippen MR) is 89.9 cm³/mol. The molecule has 1 saturated carbocycles. The highest BCUT2D eigenvalue weighted by molar-refractivity contribution is 8.00. The van der Waals surface area contributed by atoms with Gasteiger partial charge in [-0.15, -0.1) is 11.8 Å². The van der Waals surface area contributed by atoms with Crippen molar-refractivity contribution in [1.29, 1.82) is 0 Å². The molecule has 0 heterocycles. The smallest absolute Gasteiger partial charge is 0.329 e. The number of benzene rings is 1. The average molecular weight is 337 g/mol. The molecule has 0 saturated heterocycles. The van der Waals surface area contributed by atoms with Gasteiger partial charge in [-0.25, -0.2) is 4.79 Å². The molecule has 0 aliphatic heterocycles. The molecule has 1 aromatic carbocycles. The summed E-state index contributed by atoms with van der Waals surface area (Å²) in [6.45, 7) is 2.54. The average Bonchev–Trinajstić information content (AvgIpc) is 2.55. The number of carbonyl (C=O) groups is 2. The van der Waals surface area contributed by atoms with Gasteiger partial charge in [0.25, 0.3) is 0 Å². The summed E-state index contributed by atoms with van der Waals surface area (Å²) in [5, 5.41) is 12.2. The third kappa shape index (κ3) is 4.89. The Hall–Kier alpha value is -1.69. The maximum Gasteiger partial charge on any atom is 0.329 e. The molecular formula is C17H23NO4S. The van der Waals surface area contributed by atoms with Crippen molar-refractivity contribution in [3.05, 3.63) is 24.3 Å². The second kappa shape index (κ2) is 8.24. The molecule has 0 spiro atoms. The van der Waals surface area contributed by atoms with Crippen LogP contribution >= 0.6 is 11.8 Å². The zero-order valence-corrected chi connectivity index (χ0v) is 14.2. The van der Waals surface area contributed by atoms with Crippen LogP contribution in [-0.4, -0.2) is 34.9 Å². The van der Waals surface area contributed by atoms with E-state index in [4.69, 9.17) is 4.74 Å². The van der Waals surface area contributed by atoms with Crippen molar-refractivity contribution in [1.82, 2.24) is 5.32 Å². The molecule has 1 amide bonds. The first kappa shape index (κ1) is 17.7. The molecule has 126 valence electrons. The molecule has 5 nitrogen and oxygen atoms in total. The van der Waals surface area contributed by atoms with Crippen molar-refractivity contribution < 1.29 is 19.4 Å². The lowest BCUT2D eigenvalue weighted by atomic mass is 9.81. The summed E-state index contributed by atoms with van der Waals surface area (Å²) in [5.41, 5.74) is -1.07. The van der Waals surface area contributed by atoms with E-state index in [1.54, 1.807) is 0 Å². The minimum Gasteiger partial charge on any atom is -0.494 e. The Labute approximate surface area is 140 Å². The normalized spacial score (nSPS) is 16.6. The molecule has 1 aliphatic carbocycles. The number of hydrogen-bond acceptors (Lipinski definition) is 4. The van der Waals surface area contributed by atoms with Crippen LogP contribution in [-0.2, 0) is 9.59 Å². The fourth-order valence-electron chi connectivity index (χ4n) is 2.80. The maximum atomic E-state index is 12.1. The fourth-order valence-corrected chi connectivity index (χ4v) is 3.50. The number of aliphatic carboxylic acids is 1. The van der Waals surface area contributed by atoms with Gasteiger partial charge >= 0.3 is 5.97 Å². The highest BCUT2D eigenvalue weighted by atomic mass is 32.2. The lowest BCUT2D eigenvalue weighted by Crippen LogP contribution is -2.56. The molecule has 6 heteroatoms. The van der Waals surface area contributed by atoms with Crippen LogP contribution in [0.2, 0.25) is 0 Å². The first-order valence-corrected chi connectivity index (χ1v) is 8.94. The van der Waals surface area contributed by atoms with E-state index in [0.717, 1.165) is 29.9 Å². The number of rotatable bonds is 7. The third-order valence-electron chi connectivity index (χ3n) is 4.00.